The second kappa shape index (κ2) is 5.37. The van der Waals surface area contributed by atoms with Gasteiger partial charge in [-0.3, -0.25) is 4.90 Å². The first-order valence-electron chi connectivity index (χ1n) is 4.90. The van der Waals surface area contributed by atoms with Gasteiger partial charge in [-0.05, 0) is 13.3 Å². The smallest absolute Gasteiger partial charge is 0.0824 e. The molecular formula is C10H20N2O. The van der Waals surface area contributed by atoms with E-state index in [9.17, 15) is 0 Å². The van der Waals surface area contributed by atoms with Crippen molar-refractivity contribution in [2.45, 2.75) is 19.4 Å². The van der Waals surface area contributed by atoms with E-state index in [0.29, 0.717) is 6.54 Å². The molecule has 1 rings (SSSR count). The summed E-state index contributed by atoms with van der Waals surface area (Å²) in [4.78, 5) is 2.40. The monoisotopic (exact) mass is 184 g/mol. The Morgan fingerprint density at radius 2 is 2.46 bits per heavy atom. The minimum absolute atomic E-state index is 0.235. The first-order chi connectivity index (χ1) is 6.22. The Balaban J connectivity index is 2.21. The number of nitrogens with zero attached hydrogens (tertiary/aromatic N) is 1. The van der Waals surface area contributed by atoms with Crippen molar-refractivity contribution in [1.29, 1.82) is 0 Å². The molecule has 0 aromatic rings. The molecule has 76 valence electrons. The summed E-state index contributed by atoms with van der Waals surface area (Å²) in [5.41, 5.74) is 6.80. The van der Waals surface area contributed by atoms with Crippen LogP contribution in [0.15, 0.2) is 12.2 Å². The zero-order chi connectivity index (χ0) is 9.68. The van der Waals surface area contributed by atoms with Crippen LogP contribution in [-0.4, -0.2) is 43.8 Å². The van der Waals surface area contributed by atoms with Crippen molar-refractivity contribution in [3.8, 4) is 0 Å². The van der Waals surface area contributed by atoms with Gasteiger partial charge < -0.3 is 10.5 Å². The minimum Gasteiger partial charge on any atom is -0.374 e. The molecule has 1 fully saturated rings. The molecule has 0 aromatic heterocycles. The predicted octanol–water partition coefficient (Wildman–Crippen LogP) is 0.612. The molecule has 0 spiro atoms. The Morgan fingerprint density at radius 3 is 3.08 bits per heavy atom. The fourth-order valence-corrected chi connectivity index (χ4v) is 1.48. The molecule has 0 bridgehead atoms. The van der Waals surface area contributed by atoms with Crippen LogP contribution in [0.3, 0.4) is 0 Å². The van der Waals surface area contributed by atoms with Crippen LogP contribution >= 0.6 is 0 Å². The van der Waals surface area contributed by atoms with Gasteiger partial charge in [-0.25, -0.2) is 0 Å². The molecule has 3 nitrogen and oxygen atoms in total. The lowest BCUT2D eigenvalue weighted by atomic mass is 10.2. The van der Waals surface area contributed by atoms with Crippen molar-refractivity contribution in [2.75, 3.05) is 32.8 Å². The largest absolute Gasteiger partial charge is 0.374 e. The summed E-state index contributed by atoms with van der Waals surface area (Å²) < 4.78 is 5.48. The number of ether oxygens (including phenoxy) is 1. The summed E-state index contributed by atoms with van der Waals surface area (Å²) in [5, 5.41) is 0. The summed E-state index contributed by atoms with van der Waals surface area (Å²) in [7, 11) is 0. The number of nitrogens with two attached hydrogens (primary N) is 1. The van der Waals surface area contributed by atoms with E-state index in [-0.39, 0.29) is 6.10 Å². The third kappa shape index (κ3) is 3.89. The maximum Gasteiger partial charge on any atom is 0.0824 e. The fourth-order valence-electron chi connectivity index (χ4n) is 1.48. The van der Waals surface area contributed by atoms with E-state index in [1.807, 2.05) is 0 Å². The maximum atomic E-state index is 5.55. The quantitative estimate of drug-likeness (QED) is 0.651. The molecule has 3 heteroatoms. The second-order valence-corrected chi connectivity index (χ2v) is 3.74. The normalized spacial score (nSPS) is 24.6. The lowest BCUT2D eigenvalue weighted by Crippen LogP contribution is -2.45. The summed E-state index contributed by atoms with van der Waals surface area (Å²) in [6.07, 6.45) is 1.32. The van der Waals surface area contributed by atoms with Crippen molar-refractivity contribution < 1.29 is 4.74 Å². The lowest BCUT2D eigenvalue weighted by Gasteiger charge is -2.32. The van der Waals surface area contributed by atoms with Gasteiger partial charge in [0.05, 0.1) is 12.7 Å². The van der Waals surface area contributed by atoms with Crippen LogP contribution in [0.4, 0.5) is 0 Å². The Bertz CT molecular complexity index is 170. The van der Waals surface area contributed by atoms with E-state index in [0.717, 1.165) is 32.7 Å². The molecular weight excluding hydrogens is 164 g/mol. The molecule has 2 N–H and O–H groups in total. The van der Waals surface area contributed by atoms with Crippen LogP contribution in [0.1, 0.15) is 13.3 Å². The van der Waals surface area contributed by atoms with E-state index in [1.54, 1.807) is 0 Å². The van der Waals surface area contributed by atoms with Crippen LogP contribution in [0.5, 0.6) is 0 Å². The molecule has 0 aliphatic carbocycles. The lowest BCUT2D eigenvalue weighted by molar-refractivity contribution is -0.0226. The van der Waals surface area contributed by atoms with Gasteiger partial charge in [0.15, 0.2) is 0 Å². The van der Waals surface area contributed by atoms with E-state index in [4.69, 9.17) is 10.5 Å². The van der Waals surface area contributed by atoms with Crippen molar-refractivity contribution in [2.24, 2.45) is 5.73 Å². The zero-order valence-corrected chi connectivity index (χ0v) is 8.46. The van der Waals surface area contributed by atoms with Crippen LogP contribution < -0.4 is 5.73 Å². The average Bonchev–Trinajstić information content (AvgIpc) is 2.15. The number of rotatable bonds is 4. The molecule has 1 aliphatic rings. The standard InChI is InChI=1S/C10H20N2O/c1-9(2)3-4-12-5-6-13-10(7-11)8-12/h10H,1,3-8,11H2,2H3. The second-order valence-electron chi connectivity index (χ2n) is 3.74. The summed E-state index contributed by atoms with van der Waals surface area (Å²) >= 11 is 0. The molecule has 1 unspecified atom stereocenters. The number of hydrogen-bond donors (Lipinski definition) is 1. The highest BCUT2D eigenvalue weighted by atomic mass is 16.5. The van der Waals surface area contributed by atoms with Crippen molar-refractivity contribution in [3.05, 3.63) is 12.2 Å². The van der Waals surface area contributed by atoms with Gasteiger partial charge in [0.2, 0.25) is 0 Å². The molecule has 0 amide bonds. The Kier molecular flexibility index (Phi) is 4.42. The molecule has 1 saturated heterocycles. The van der Waals surface area contributed by atoms with E-state index in [1.165, 1.54) is 5.57 Å². The fraction of sp³-hybridized carbons (Fsp3) is 0.800. The van der Waals surface area contributed by atoms with Crippen LogP contribution in [0, 0.1) is 0 Å². The third-order valence-corrected chi connectivity index (χ3v) is 2.34. The van der Waals surface area contributed by atoms with Gasteiger partial charge in [-0.1, -0.05) is 5.57 Å². The van der Waals surface area contributed by atoms with Crippen molar-refractivity contribution in [1.82, 2.24) is 4.90 Å². The van der Waals surface area contributed by atoms with E-state index >= 15 is 0 Å². The van der Waals surface area contributed by atoms with Crippen molar-refractivity contribution >= 4 is 0 Å². The predicted molar refractivity (Wildman–Crippen MR) is 54.7 cm³/mol. The third-order valence-electron chi connectivity index (χ3n) is 2.34. The highest BCUT2D eigenvalue weighted by Crippen LogP contribution is 2.06. The first-order valence-corrected chi connectivity index (χ1v) is 4.90. The molecule has 1 heterocycles. The van der Waals surface area contributed by atoms with Crippen LogP contribution in [0.2, 0.25) is 0 Å². The Hall–Kier alpha value is -0.380. The molecule has 0 saturated carbocycles. The first kappa shape index (κ1) is 10.7. The summed E-state index contributed by atoms with van der Waals surface area (Å²) in [6.45, 7) is 10.5. The van der Waals surface area contributed by atoms with Gasteiger partial charge >= 0.3 is 0 Å². The minimum atomic E-state index is 0.235. The van der Waals surface area contributed by atoms with E-state index in [2.05, 4.69) is 18.4 Å². The molecule has 0 radical (unpaired) electrons. The van der Waals surface area contributed by atoms with Crippen molar-refractivity contribution in [3.63, 3.8) is 0 Å². The maximum absolute atomic E-state index is 5.55. The van der Waals surface area contributed by atoms with Crippen LogP contribution in [-0.2, 0) is 4.74 Å². The molecule has 1 atom stereocenters. The highest BCUT2D eigenvalue weighted by molar-refractivity contribution is 4.89. The average molecular weight is 184 g/mol. The topological polar surface area (TPSA) is 38.5 Å². The van der Waals surface area contributed by atoms with E-state index < -0.39 is 0 Å². The van der Waals surface area contributed by atoms with Gasteiger partial charge in [0, 0.05) is 26.2 Å². The van der Waals surface area contributed by atoms with Gasteiger partial charge in [-0.2, -0.15) is 0 Å². The number of hydrogen-bond acceptors (Lipinski definition) is 3. The number of morpholine rings is 1. The Labute approximate surface area is 80.5 Å². The van der Waals surface area contributed by atoms with Crippen LogP contribution in [0.25, 0.3) is 0 Å². The summed E-state index contributed by atoms with van der Waals surface area (Å²) in [5.74, 6) is 0. The van der Waals surface area contributed by atoms with Gasteiger partial charge in [-0.15, -0.1) is 6.58 Å². The molecule has 0 aromatic carbocycles. The highest BCUT2D eigenvalue weighted by Gasteiger charge is 2.18. The van der Waals surface area contributed by atoms with Gasteiger partial charge in [0.1, 0.15) is 0 Å². The van der Waals surface area contributed by atoms with Gasteiger partial charge in [0.25, 0.3) is 0 Å². The summed E-state index contributed by atoms with van der Waals surface area (Å²) in [6, 6.07) is 0. The SMILES string of the molecule is C=C(C)CCN1CCOC(CN)C1. The molecule has 1 aliphatic heterocycles. The Morgan fingerprint density at radius 1 is 1.69 bits per heavy atom. The molecule has 13 heavy (non-hydrogen) atoms. The zero-order valence-electron chi connectivity index (χ0n) is 8.46.